The highest BCUT2D eigenvalue weighted by Gasteiger charge is 2.29. The van der Waals surface area contributed by atoms with Crippen molar-refractivity contribution < 1.29 is 14.3 Å². The quantitative estimate of drug-likeness (QED) is 0.653. The zero-order valence-electron chi connectivity index (χ0n) is 15.1. The molecule has 0 bridgehead atoms. The van der Waals surface area contributed by atoms with Crippen LogP contribution < -0.4 is 16.1 Å². The summed E-state index contributed by atoms with van der Waals surface area (Å²) in [6, 6.07) is 9.04. The van der Waals surface area contributed by atoms with E-state index in [9.17, 15) is 9.59 Å². The van der Waals surface area contributed by atoms with Crippen LogP contribution in [0.2, 0.25) is 0 Å². The first-order valence-electron chi connectivity index (χ1n) is 8.48. The zero-order valence-corrected chi connectivity index (χ0v) is 15.1. The molecule has 1 fully saturated rings. The van der Waals surface area contributed by atoms with Gasteiger partial charge in [-0.25, -0.2) is 9.78 Å². The van der Waals surface area contributed by atoms with Gasteiger partial charge in [-0.05, 0) is 19.4 Å². The van der Waals surface area contributed by atoms with Crippen molar-refractivity contribution >= 4 is 17.5 Å². The van der Waals surface area contributed by atoms with E-state index < -0.39 is 12.0 Å². The third-order valence-corrected chi connectivity index (χ3v) is 4.55. The van der Waals surface area contributed by atoms with Crippen molar-refractivity contribution in [3.05, 3.63) is 57.3 Å². The Morgan fingerprint density at radius 1 is 1.26 bits per heavy atom. The molecule has 0 radical (unpaired) electrons. The van der Waals surface area contributed by atoms with E-state index in [-0.39, 0.29) is 23.3 Å². The molecule has 0 amide bonds. The third kappa shape index (κ3) is 2.69. The van der Waals surface area contributed by atoms with Gasteiger partial charge >= 0.3 is 5.97 Å². The molecule has 1 N–H and O–H groups in total. The van der Waals surface area contributed by atoms with Crippen LogP contribution in [-0.4, -0.2) is 40.3 Å². The summed E-state index contributed by atoms with van der Waals surface area (Å²) in [6.07, 6.45) is 0. The Hall–Kier alpha value is -3.42. The largest absolute Gasteiger partial charge is 0.476 e. The molecule has 0 aliphatic carbocycles. The summed E-state index contributed by atoms with van der Waals surface area (Å²) >= 11 is 0. The highest BCUT2D eigenvalue weighted by Crippen LogP contribution is 2.25. The maximum atomic E-state index is 13.1. The molecule has 0 unspecified atom stereocenters. The van der Waals surface area contributed by atoms with Crippen LogP contribution in [0.25, 0.3) is 22.7 Å². The number of hydrogen-bond acceptors (Lipinski definition) is 7. The monoisotopic (exact) mass is 366 g/mol. The molecule has 3 heterocycles. The first-order valence-corrected chi connectivity index (χ1v) is 8.48. The van der Waals surface area contributed by atoms with E-state index in [2.05, 4.69) is 15.4 Å². The van der Waals surface area contributed by atoms with Crippen molar-refractivity contribution in [2.45, 2.75) is 19.9 Å². The molecule has 1 aliphatic heterocycles. The SMILES string of the molecule is COC(=O)[C@@H]1COC(=c2c(C)nc3c(-c4ccccc4)c(C)nn3c2=O)N1. The zero-order chi connectivity index (χ0) is 19.1. The van der Waals surface area contributed by atoms with Crippen molar-refractivity contribution in [2.75, 3.05) is 13.7 Å². The van der Waals surface area contributed by atoms with Crippen LogP contribution in [-0.2, 0) is 14.3 Å². The normalized spacial score (nSPS) is 18.3. The van der Waals surface area contributed by atoms with Crippen LogP contribution in [0.3, 0.4) is 0 Å². The number of carbonyl (C=O) groups excluding carboxylic acids is 1. The maximum Gasteiger partial charge on any atom is 0.331 e. The molecule has 3 aromatic rings. The molecule has 1 saturated heterocycles. The van der Waals surface area contributed by atoms with Gasteiger partial charge in [0, 0.05) is 5.56 Å². The maximum absolute atomic E-state index is 13.1. The van der Waals surface area contributed by atoms with Gasteiger partial charge < -0.3 is 14.8 Å². The second-order valence-electron chi connectivity index (χ2n) is 6.30. The van der Waals surface area contributed by atoms with E-state index in [1.54, 1.807) is 6.92 Å². The van der Waals surface area contributed by atoms with E-state index in [0.717, 1.165) is 11.1 Å². The number of nitrogens with zero attached hydrogens (tertiary/aromatic N) is 3. The Labute approximate surface area is 154 Å². The molecule has 1 atom stereocenters. The molecular weight excluding hydrogens is 348 g/mol. The lowest BCUT2D eigenvalue weighted by atomic mass is 10.1. The van der Waals surface area contributed by atoms with Gasteiger partial charge in [0.05, 0.1) is 18.5 Å². The molecule has 2 aromatic heterocycles. The fourth-order valence-corrected chi connectivity index (χ4v) is 3.26. The lowest BCUT2D eigenvalue weighted by Gasteiger charge is -2.05. The van der Waals surface area contributed by atoms with Crippen molar-refractivity contribution in [1.29, 1.82) is 0 Å². The second-order valence-corrected chi connectivity index (χ2v) is 6.30. The summed E-state index contributed by atoms with van der Waals surface area (Å²) in [5.74, 6) is -0.234. The highest BCUT2D eigenvalue weighted by molar-refractivity contribution is 5.80. The number of benzene rings is 1. The standard InChI is InChI=1S/C19H18N4O4/c1-10-15(17-21-13(9-27-17)19(25)26-3)18(24)23-16(20-10)14(11(2)22-23)12-7-5-4-6-8-12/h4-8,13,21H,9H2,1-3H3/t13-/m0/s1. The molecule has 27 heavy (non-hydrogen) atoms. The predicted molar refractivity (Wildman–Crippen MR) is 97.7 cm³/mol. The minimum Gasteiger partial charge on any atom is -0.476 e. The van der Waals surface area contributed by atoms with Gasteiger partial charge in [0.25, 0.3) is 5.56 Å². The van der Waals surface area contributed by atoms with E-state index in [1.807, 2.05) is 37.3 Å². The minimum absolute atomic E-state index is 0.0896. The van der Waals surface area contributed by atoms with Crippen LogP contribution in [0.15, 0.2) is 35.1 Å². The number of fused-ring (bicyclic) bond motifs is 1. The fraction of sp³-hybridized carbons (Fsp3) is 0.263. The molecule has 0 spiro atoms. The molecular formula is C19H18N4O4. The predicted octanol–water partition coefficient (Wildman–Crippen LogP) is 0.319. The van der Waals surface area contributed by atoms with Gasteiger partial charge in [0.15, 0.2) is 11.7 Å². The Morgan fingerprint density at radius 2 is 2.00 bits per heavy atom. The lowest BCUT2D eigenvalue weighted by molar-refractivity contribution is -0.142. The number of esters is 1. The lowest BCUT2D eigenvalue weighted by Crippen LogP contribution is -2.40. The summed E-state index contributed by atoms with van der Waals surface area (Å²) in [4.78, 5) is 29.4. The van der Waals surface area contributed by atoms with Crippen molar-refractivity contribution in [2.24, 2.45) is 0 Å². The summed E-state index contributed by atoms with van der Waals surface area (Å²) in [7, 11) is 1.30. The molecule has 0 saturated carbocycles. The number of nitrogens with one attached hydrogen (secondary N) is 1. The Kier molecular flexibility index (Phi) is 4.02. The molecule has 4 rings (SSSR count). The summed E-state index contributed by atoms with van der Waals surface area (Å²) in [5.41, 5.74) is 3.11. The van der Waals surface area contributed by atoms with Crippen LogP contribution >= 0.6 is 0 Å². The first-order chi connectivity index (χ1) is 13.0. The summed E-state index contributed by atoms with van der Waals surface area (Å²) in [5, 5.41) is 7.54. The van der Waals surface area contributed by atoms with Crippen molar-refractivity contribution in [3.8, 4) is 11.1 Å². The van der Waals surface area contributed by atoms with Gasteiger partial charge in [-0.1, -0.05) is 30.3 Å². The molecule has 8 heteroatoms. The van der Waals surface area contributed by atoms with Crippen LogP contribution in [0, 0.1) is 13.8 Å². The Morgan fingerprint density at radius 3 is 2.70 bits per heavy atom. The molecule has 1 aliphatic rings. The topological polar surface area (TPSA) is 94.8 Å². The fourth-order valence-electron chi connectivity index (χ4n) is 3.26. The number of rotatable bonds is 2. The smallest absolute Gasteiger partial charge is 0.331 e. The van der Waals surface area contributed by atoms with E-state index in [0.29, 0.717) is 17.0 Å². The van der Waals surface area contributed by atoms with E-state index in [1.165, 1.54) is 11.6 Å². The van der Waals surface area contributed by atoms with Gasteiger partial charge in [-0.3, -0.25) is 4.79 Å². The number of hydrogen-bond donors (Lipinski definition) is 1. The van der Waals surface area contributed by atoms with Crippen LogP contribution in [0.1, 0.15) is 11.4 Å². The number of aryl methyl sites for hydroxylation is 2. The minimum atomic E-state index is -0.654. The van der Waals surface area contributed by atoms with E-state index in [4.69, 9.17) is 9.47 Å². The van der Waals surface area contributed by atoms with Gasteiger partial charge in [0.1, 0.15) is 11.8 Å². The molecule has 138 valence electrons. The summed E-state index contributed by atoms with van der Waals surface area (Å²) < 4.78 is 11.5. The van der Waals surface area contributed by atoms with Crippen molar-refractivity contribution in [3.63, 3.8) is 0 Å². The average molecular weight is 366 g/mol. The van der Waals surface area contributed by atoms with Gasteiger partial charge in [-0.15, -0.1) is 0 Å². The van der Waals surface area contributed by atoms with E-state index >= 15 is 0 Å². The summed E-state index contributed by atoms with van der Waals surface area (Å²) in [6.45, 7) is 3.67. The average Bonchev–Trinajstić information content (AvgIpc) is 3.27. The van der Waals surface area contributed by atoms with Gasteiger partial charge in [0.2, 0.25) is 5.88 Å². The van der Waals surface area contributed by atoms with Crippen molar-refractivity contribution in [1.82, 2.24) is 19.9 Å². The number of ether oxygens (including phenoxy) is 2. The number of aromatic nitrogens is 3. The van der Waals surface area contributed by atoms with Crippen LogP contribution in [0.4, 0.5) is 0 Å². The number of carbonyl (C=O) groups is 1. The Balaban J connectivity index is 1.93. The number of methoxy groups -OCH3 is 1. The molecule has 8 nitrogen and oxygen atoms in total. The Bertz CT molecular complexity index is 1150. The second kappa shape index (κ2) is 6.39. The first kappa shape index (κ1) is 17.0. The third-order valence-electron chi connectivity index (χ3n) is 4.55. The van der Waals surface area contributed by atoms with Crippen LogP contribution in [0.5, 0.6) is 0 Å². The highest BCUT2D eigenvalue weighted by atomic mass is 16.5. The molecule has 1 aromatic carbocycles. The van der Waals surface area contributed by atoms with Gasteiger partial charge in [-0.2, -0.15) is 9.61 Å².